The minimum atomic E-state index is -5.30. The molecular weight excluding hydrogens is 460 g/mol. The number of aliphatic hydroxyl groups is 2. The van der Waals surface area contributed by atoms with E-state index >= 15 is 0 Å². The van der Waals surface area contributed by atoms with Gasteiger partial charge in [0.15, 0.2) is 17.4 Å². The van der Waals surface area contributed by atoms with Crippen LogP contribution in [0.4, 0.5) is 0 Å². The van der Waals surface area contributed by atoms with Crippen molar-refractivity contribution in [2.75, 3.05) is 6.61 Å². The van der Waals surface area contributed by atoms with Crippen LogP contribution < -0.4 is 0 Å². The quantitative estimate of drug-likeness (QED) is 0.181. The molecule has 1 fully saturated rings. The number of phosphoric ester groups is 1. The number of nitrogens with zero attached hydrogens (tertiary/aromatic N) is 4. The molecule has 3 heterocycles. The number of hydrogen-bond acceptors (Lipinski definition) is 11. The first kappa shape index (κ1) is 27.5. The molecule has 1 saturated heterocycles. The Kier molecular flexibility index (Phi) is 9.87. The average molecular weight is 476 g/mol. The number of aromatic hydroxyl groups is 1. The van der Waals surface area contributed by atoms with E-state index in [-0.39, 0.29) is 70.3 Å². The van der Waals surface area contributed by atoms with E-state index in [4.69, 9.17) is 14.5 Å². The van der Waals surface area contributed by atoms with E-state index in [0.29, 0.717) is 0 Å². The number of imidazole rings is 1. The predicted octanol–water partition coefficient (Wildman–Crippen LogP) is -2.92. The second-order valence-electron chi connectivity index (χ2n) is 5.40. The van der Waals surface area contributed by atoms with Gasteiger partial charge in [0, 0.05) is 0 Å². The van der Waals surface area contributed by atoms with Gasteiger partial charge in [-0.05, 0) is 0 Å². The molecule has 5 atom stereocenters. The number of ether oxygens (including phenoxy) is 1. The molecule has 1 aliphatic rings. The van der Waals surface area contributed by atoms with Crippen LogP contribution in [0.3, 0.4) is 0 Å². The Morgan fingerprint density at radius 2 is 1.76 bits per heavy atom. The summed E-state index contributed by atoms with van der Waals surface area (Å²) in [5.74, 6) is -0.414. The first-order valence-corrected chi connectivity index (χ1v) is 10.1. The van der Waals surface area contributed by atoms with E-state index in [0.717, 1.165) is 12.7 Å². The van der Waals surface area contributed by atoms with Crippen molar-refractivity contribution in [2.24, 2.45) is 0 Å². The van der Waals surface area contributed by atoms with Gasteiger partial charge in [0.25, 0.3) is 0 Å². The molecule has 29 heavy (non-hydrogen) atoms. The Morgan fingerprint density at radius 1 is 1.10 bits per heavy atom. The number of aromatic nitrogens is 4. The summed E-state index contributed by atoms with van der Waals surface area (Å²) < 4.78 is 36.6. The normalized spacial score (nSPS) is 26.5. The standard InChI is InChI=1S/C10H14N4O11P2.2Na.2H/c15-6-4(1-23-27(21,22)25-26(18,19)20)24-10(7(6)16)14-3-13-5-8(14)11-2-12-9(5)17;;;;/h2-4,6-7,10,15-16H,1H2,(H,21,22)(H,11,12,17)(H2,18,19,20);;;;/t4-,6-,7-,10-;;;;/m1..../s1. The monoisotopic (exact) mass is 476 g/mol. The van der Waals surface area contributed by atoms with Crippen LogP contribution in [0.1, 0.15) is 6.23 Å². The summed E-state index contributed by atoms with van der Waals surface area (Å²) in [5.41, 5.74) is 0.0929. The fourth-order valence-electron chi connectivity index (χ4n) is 2.45. The van der Waals surface area contributed by atoms with E-state index in [2.05, 4.69) is 23.8 Å². The second kappa shape index (κ2) is 10.4. The predicted molar refractivity (Wildman–Crippen MR) is 96.1 cm³/mol. The molecule has 6 N–H and O–H groups in total. The molecule has 1 aliphatic heterocycles. The zero-order chi connectivity index (χ0) is 20.0. The Balaban J connectivity index is 0.00000210. The molecule has 3 rings (SSSR count). The van der Waals surface area contributed by atoms with E-state index < -0.39 is 52.7 Å². The molecule has 0 saturated carbocycles. The number of rotatable bonds is 6. The zero-order valence-electron chi connectivity index (χ0n) is 13.1. The molecule has 2 aromatic heterocycles. The van der Waals surface area contributed by atoms with Crippen LogP contribution in [0.25, 0.3) is 11.2 Å². The van der Waals surface area contributed by atoms with Crippen LogP contribution in [0.5, 0.6) is 5.88 Å². The average Bonchev–Trinajstić information content (AvgIpc) is 3.07. The van der Waals surface area contributed by atoms with Crippen LogP contribution in [-0.2, 0) is 22.7 Å². The molecule has 154 valence electrons. The molecule has 2 aromatic rings. The van der Waals surface area contributed by atoms with Crippen molar-refractivity contribution in [3.63, 3.8) is 0 Å². The van der Waals surface area contributed by atoms with Gasteiger partial charge < -0.3 is 34.7 Å². The summed E-state index contributed by atoms with van der Waals surface area (Å²) in [5, 5.41) is 29.8. The first-order chi connectivity index (χ1) is 12.5. The molecule has 0 spiro atoms. The van der Waals surface area contributed by atoms with Gasteiger partial charge in [-0.15, -0.1) is 0 Å². The Morgan fingerprint density at radius 3 is 2.38 bits per heavy atom. The van der Waals surface area contributed by atoms with Gasteiger partial charge in [-0.1, -0.05) is 0 Å². The minimum absolute atomic E-state index is 0. The van der Waals surface area contributed by atoms with Gasteiger partial charge in [0.1, 0.15) is 24.6 Å². The van der Waals surface area contributed by atoms with Gasteiger partial charge in [0.05, 0.1) is 12.9 Å². The Hall–Kier alpha value is 0.490. The summed E-state index contributed by atoms with van der Waals surface area (Å²) in [7, 11) is -10.4. The van der Waals surface area contributed by atoms with Crippen LogP contribution >= 0.6 is 15.6 Å². The molecule has 0 amide bonds. The topological polar surface area (TPSA) is 227 Å². The van der Waals surface area contributed by atoms with Gasteiger partial charge in [-0.25, -0.2) is 19.1 Å². The Labute approximate surface area is 206 Å². The third-order valence-corrected chi connectivity index (χ3v) is 5.71. The third kappa shape index (κ3) is 6.49. The van der Waals surface area contributed by atoms with Crippen molar-refractivity contribution in [3.05, 3.63) is 12.7 Å². The van der Waals surface area contributed by atoms with Gasteiger partial charge >= 0.3 is 74.8 Å². The first-order valence-electron chi connectivity index (χ1n) is 7.11. The van der Waals surface area contributed by atoms with Crippen LogP contribution in [0.15, 0.2) is 12.7 Å². The second-order valence-corrected chi connectivity index (χ2v) is 8.23. The van der Waals surface area contributed by atoms with Crippen LogP contribution in [0, 0.1) is 0 Å². The van der Waals surface area contributed by atoms with Crippen molar-refractivity contribution in [2.45, 2.75) is 24.5 Å². The number of aliphatic hydroxyl groups excluding tert-OH is 2. The fourth-order valence-corrected chi connectivity index (χ4v) is 4.05. The summed E-state index contributed by atoms with van der Waals surface area (Å²) in [6.07, 6.45) is -3.56. The summed E-state index contributed by atoms with van der Waals surface area (Å²) in [4.78, 5) is 37.6. The maximum absolute atomic E-state index is 11.5. The van der Waals surface area contributed by atoms with E-state index in [9.17, 15) is 29.3 Å². The molecule has 1 unspecified atom stereocenters. The van der Waals surface area contributed by atoms with E-state index in [1.54, 1.807) is 0 Å². The molecule has 0 radical (unpaired) electrons. The zero-order valence-corrected chi connectivity index (χ0v) is 14.9. The van der Waals surface area contributed by atoms with Crippen molar-refractivity contribution in [1.82, 2.24) is 19.5 Å². The third-order valence-electron chi connectivity index (χ3n) is 3.56. The van der Waals surface area contributed by atoms with E-state index in [1.165, 1.54) is 4.57 Å². The van der Waals surface area contributed by atoms with Crippen LogP contribution in [-0.4, -0.2) is 134 Å². The number of phosphoric acid groups is 2. The summed E-state index contributed by atoms with van der Waals surface area (Å²) in [6.45, 7) is -0.838. The molecule has 0 bridgehead atoms. The van der Waals surface area contributed by atoms with Gasteiger partial charge in [-0.2, -0.15) is 9.29 Å². The number of hydrogen-bond donors (Lipinski definition) is 6. The van der Waals surface area contributed by atoms with Gasteiger partial charge in [-0.3, -0.25) is 9.09 Å². The fraction of sp³-hybridized carbons (Fsp3) is 0.500. The van der Waals surface area contributed by atoms with Crippen molar-refractivity contribution in [1.29, 1.82) is 0 Å². The molecule has 0 aliphatic carbocycles. The van der Waals surface area contributed by atoms with Crippen molar-refractivity contribution < 1.29 is 52.7 Å². The molecule has 0 aromatic carbocycles. The number of fused-ring (bicyclic) bond motifs is 1. The maximum atomic E-state index is 11.5. The molecule has 19 heteroatoms. The summed E-state index contributed by atoms with van der Waals surface area (Å²) in [6, 6.07) is 0. The van der Waals surface area contributed by atoms with Crippen LogP contribution in [0.2, 0.25) is 0 Å². The van der Waals surface area contributed by atoms with Crippen molar-refractivity contribution in [3.8, 4) is 5.88 Å². The Bertz CT molecular complexity index is 942. The molecule has 15 nitrogen and oxygen atoms in total. The van der Waals surface area contributed by atoms with Crippen molar-refractivity contribution >= 4 is 85.9 Å². The van der Waals surface area contributed by atoms with E-state index in [1.807, 2.05) is 0 Å². The summed E-state index contributed by atoms with van der Waals surface area (Å²) >= 11 is 0. The SMILES string of the molecule is O=P(O)(O)OP(=O)(O)OC[C@H]1O[C@@H](n2cnc3c(O)ncnc32)[C@H](O)[C@@H]1O.[NaH].[NaH]. The molecular formula is C10H16N4Na2O11P2. The van der Waals surface area contributed by atoms with Gasteiger partial charge in [0.2, 0.25) is 5.88 Å².